The van der Waals surface area contributed by atoms with Crippen LogP contribution in [0.1, 0.15) is 85.6 Å². The number of hydrogen-bond acceptors (Lipinski definition) is 14. The van der Waals surface area contributed by atoms with Gasteiger partial charge in [-0.1, -0.05) is 61.5 Å². The van der Waals surface area contributed by atoms with E-state index in [-0.39, 0.29) is 36.9 Å². The normalized spacial score (nSPS) is 33.3. The number of nitrogens with zero attached hydrogens (tertiary/aromatic N) is 5. The number of benzene rings is 2. The minimum atomic E-state index is -1.27. The van der Waals surface area contributed by atoms with Crippen molar-refractivity contribution in [3.8, 4) is 11.3 Å². The van der Waals surface area contributed by atoms with Gasteiger partial charge in [0.25, 0.3) is 0 Å². The first-order chi connectivity index (χ1) is 30.5. The molecule has 352 valence electrons. The molecule has 12 atom stereocenters. The van der Waals surface area contributed by atoms with Crippen LogP contribution in [-0.2, 0) is 46.2 Å². The molecular weight excluding hydrogens is 819 g/mol. The molecule has 3 aliphatic heterocycles. The number of nitrogens with one attached hydrogen (secondary N) is 1. The second-order valence-corrected chi connectivity index (χ2v) is 18.9. The Morgan fingerprint density at radius 3 is 2.45 bits per heavy atom. The summed E-state index contributed by atoms with van der Waals surface area (Å²) in [5, 5.41) is 23.9. The number of nitrogens with two attached hydrogens (primary N) is 1. The average molecular weight is 890 g/mol. The van der Waals surface area contributed by atoms with Crippen LogP contribution < -0.4 is 11.1 Å². The van der Waals surface area contributed by atoms with Crippen LogP contribution in [0, 0.1) is 11.8 Å². The molecule has 4 N–H and O–H groups in total. The Labute approximate surface area is 378 Å². The molecule has 0 spiro atoms. The van der Waals surface area contributed by atoms with E-state index in [0.29, 0.717) is 57.4 Å². The van der Waals surface area contributed by atoms with E-state index in [1.807, 2.05) is 114 Å². The number of carbonyl (C=O) groups is 3. The van der Waals surface area contributed by atoms with Gasteiger partial charge in [-0.2, -0.15) is 0 Å². The number of methoxy groups -OCH3 is 1. The first kappa shape index (κ1) is 49.0. The lowest BCUT2D eigenvalue weighted by molar-refractivity contribution is -0.289. The zero-order valence-corrected chi connectivity index (χ0v) is 39.1. The summed E-state index contributed by atoms with van der Waals surface area (Å²) in [6.07, 6.45) is -0.0776. The van der Waals surface area contributed by atoms with Crippen molar-refractivity contribution >= 4 is 23.5 Å². The van der Waals surface area contributed by atoms with Crippen molar-refractivity contribution < 1.29 is 43.2 Å². The number of nitrogen functional groups attached to an aromatic ring is 1. The van der Waals surface area contributed by atoms with Crippen molar-refractivity contribution in [2.24, 2.45) is 11.8 Å². The zero-order valence-electron chi connectivity index (χ0n) is 39.1. The summed E-state index contributed by atoms with van der Waals surface area (Å²) in [6, 6.07) is 15.8. The Hall–Kier alpha value is -4.45. The topological polar surface area (TPSA) is 193 Å². The maximum Gasteiger partial charge on any atom is 0.410 e. The quantitative estimate of drug-likeness (QED) is 0.0871. The van der Waals surface area contributed by atoms with Crippen LogP contribution in [-0.4, -0.2) is 142 Å². The van der Waals surface area contributed by atoms with Crippen LogP contribution in [0.5, 0.6) is 0 Å². The standard InChI is InChI=1S/C48H71N7O9/c1-10-40-48(6)43(55(46(59)64-48)22-15-14-21-54-29-37(51-52-54)34-19-16-20-35(49)25-34)32(4)50-28-30(2)27-47(5,60-9)41(63-45-42(57)38(53(7)8)23-31(3)61-45)26-39(56)36(44(58)62-40)24-33-17-12-11-13-18-33/h11-13,16-20,25,29-32,36,38,40-43,45,50,57H,10,14-15,21-24,26-28,49H2,1-9H3/t30-,31-,32-,36-,38?,40-,41-,42?,43-,45+,47-,48-/m1/s1. The van der Waals surface area contributed by atoms with E-state index in [1.54, 1.807) is 16.7 Å². The zero-order chi connectivity index (χ0) is 46.3. The van der Waals surface area contributed by atoms with Crippen LogP contribution in [0.2, 0.25) is 0 Å². The summed E-state index contributed by atoms with van der Waals surface area (Å²) in [4.78, 5) is 47.2. The van der Waals surface area contributed by atoms with Crippen molar-refractivity contribution in [1.29, 1.82) is 0 Å². The molecule has 2 unspecified atom stereocenters. The molecule has 0 bridgehead atoms. The minimum Gasteiger partial charge on any atom is -0.457 e. The number of anilines is 1. The van der Waals surface area contributed by atoms with Gasteiger partial charge in [-0.25, -0.2) is 4.79 Å². The van der Waals surface area contributed by atoms with Gasteiger partial charge in [0.1, 0.15) is 29.6 Å². The fourth-order valence-corrected chi connectivity index (χ4v) is 9.94. The molecule has 0 radical (unpaired) electrons. The molecule has 6 rings (SSSR count). The number of Topliss-reactive ketones (excluding diaryl/α,β-unsaturated/α-hetero) is 1. The SMILES string of the molecule is CC[C@H]1OC(=O)[C@H](Cc2ccccc2)C(=O)C[C@@H](O[C@@H]2O[C@H](C)CC(N(C)C)C2O)[C@](C)(OC)C[C@@H](C)CN[C@H](C)[C@H]2N(CCCCn3cc(-c4cccc(N)c4)nn3)C(=O)O[C@]12C. The number of cyclic esters (lactones) is 1. The summed E-state index contributed by atoms with van der Waals surface area (Å²) in [5.41, 5.74) is 6.70. The van der Waals surface area contributed by atoms with Crippen LogP contribution in [0.15, 0.2) is 60.8 Å². The molecule has 3 aromatic rings. The third-order valence-electron chi connectivity index (χ3n) is 13.6. The fourth-order valence-electron chi connectivity index (χ4n) is 9.94. The van der Waals surface area contributed by atoms with Crippen molar-refractivity contribution in [2.75, 3.05) is 40.0 Å². The maximum atomic E-state index is 14.8. The third kappa shape index (κ3) is 11.3. The molecule has 64 heavy (non-hydrogen) atoms. The number of hydrogen-bond donors (Lipinski definition) is 3. The molecule has 2 aromatic carbocycles. The summed E-state index contributed by atoms with van der Waals surface area (Å²) in [6.45, 7) is 13.2. The second kappa shape index (κ2) is 21.2. The fraction of sp³-hybridized carbons (Fsp3) is 0.646. The van der Waals surface area contributed by atoms with E-state index in [2.05, 4.69) is 22.6 Å². The van der Waals surface area contributed by atoms with Gasteiger partial charge in [0.15, 0.2) is 11.9 Å². The van der Waals surface area contributed by atoms with Gasteiger partial charge in [0.05, 0.1) is 30.0 Å². The predicted octanol–water partition coefficient (Wildman–Crippen LogP) is 5.26. The van der Waals surface area contributed by atoms with E-state index in [1.165, 1.54) is 0 Å². The van der Waals surface area contributed by atoms with Gasteiger partial charge in [-0.3, -0.25) is 19.2 Å². The van der Waals surface area contributed by atoms with Gasteiger partial charge < -0.3 is 44.7 Å². The number of unbranched alkanes of at least 4 members (excludes halogenated alkanes) is 1. The van der Waals surface area contributed by atoms with Crippen LogP contribution in [0.25, 0.3) is 11.3 Å². The smallest absolute Gasteiger partial charge is 0.410 e. The highest BCUT2D eigenvalue weighted by Gasteiger charge is 2.58. The average Bonchev–Trinajstić information content (AvgIpc) is 3.84. The Balaban J connectivity index is 1.28. The largest absolute Gasteiger partial charge is 0.457 e. The summed E-state index contributed by atoms with van der Waals surface area (Å²) in [7, 11) is 5.40. The number of aryl methyl sites for hydroxylation is 1. The van der Waals surface area contributed by atoms with Gasteiger partial charge in [0, 0.05) is 50.0 Å². The van der Waals surface area contributed by atoms with E-state index >= 15 is 0 Å². The maximum absolute atomic E-state index is 14.8. The van der Waals surface area contributed by atoms with Crippen molar-refractivity contribution in [3.63, 3.8) is 0 Å². The first-order valence-corrected chi connectivity index (χ1v) is 22.9. The summed E-state index contributed by atoms with van der Waals surface area (Å²) in [5.74, 6) is -2.36. The van der Waals surface area contributed by atoms with E-state index in [9.17, 15) is 19.5 Å². The molecule has 0 aliphatic carbocycles. The van der Waals surface area contributed by atoms with E-state index in [4.69, 9.17) is 29.4 Å². The second-order valence-electron chi connectivity index (χ2n) is 18.9. The molecule has 3 aliphatic rings. The number of aromatic nitrogens is 3. The number of ether oxygens (including phenoxy) is 5. The van der Waals surface area contributed by atoms with Crippen molar-refractivity contribution in [2.45, 2.75) is 153 Å². The third-order valence-corrected chi connectivity index (χ3v) is 13.6. The van der Waals surface area contributed by atoms with Crippen LogP contribution >= 0.6 is 0 Å². The highest BCUT2D eigenvalue weighted by Crippen LogP contribution is 2.40. The monoisotopic (exact) mass is 890 g/mol. The number of carbonyl (C=O) groups excluding carboxylic acids is 3. The van der Waals surface area contributed by atoms with Crippen molar-refractivity contribution in [3.05, 3.63) is 66.4 Å². The molecule has 16 nitrogen and oxygen atoms in total. The predicted molar refractivity (Wildman–Crippen MR) is 242 cm³/mol. The molecule has 16 heteroatoms. The van der Waals surface area contributed by atoms with Crippen LogP contribution in [0.4, 0.5) is 10.5 Å². The van der Waals surface area contributed by atoms with Crippen molar-refractivity contribution in [1.82, 2.24) is 30.1 Å². The van der Waals surface area contributed by atoms with Crippen LogP contribution in [0.3, 0.4) is 0 Å². The molecular formula is C48H71N7O9. The highest BCUT2D eigenvalue weighted by molar-refractivity contribution is 5.99. The molecule has 0 saturated carbocycles. The number of rotatable bonds is 13. The molecule has 3 saturated heterocycles. The molecule has 1 aromatic heterocycles. The Kier molecular flexibility index (Phi) is 16.3. The van der Waals surface area contributed by atoms with E-state index in [0.717, 1.165) is 16.8 Å². The lowest BCUT2D eigenvalue weighted by atomic mass is 9.82. The lowest BCUT2D eigenvalue weighted by Crippen LogP contribution is -2.61. The number of likely N-dealkylation sites (N-methyl/N-ethyl adjacent to an activating group) is 1. The van der Waals surface area contributed by atoms with Gasteiger partial charge in [0.2, 0.25) is 0 Å². The summed E-state index contributed by atoms with van der Waals surface area (Å²) >= 11 is 0. The van der Waals surface area contributed by atoms with Gasteiger partial charge >= 0.3 is 12.1 Å². The number of fused-ring (bicyclic) bond motifs is 1. The number of amides is 1. The number of ketones is 1. The first-order valence-electron chi connectivity index (χ1n) is 22.9. The molecule has 3 fully saturated rings. The number of esters is 1. The Bertz CT molecular complexity index is 2020. The number of aliphatic hydroxyl groups is 1. The van der Waals surface area contributed by atoms with E-state index < -0.39 is 65.6 Å². The molecule has 1 amide bonds. The Morgan fingerprint density at radius 1 is 1.03 bits per heavy atom. The Morgan fingerprint density at radius 2 is 1.77 bits per heavy atom. The van der Waals surface area contributed by atoms with Gasteiger partial charge in [-0.15, -0.1) is 5.10 Å². The lowest BCUT2D eigenvalue weighted by Gasteiger charge is -2.45. The number of aliphatic hydroxyl groups excluding tert-OH is 1. The highest BCUT2D eigenvalue weighted by atomic mass is 16.7. The summed E-state index contributed by atoms with van der Waals surface area (Å²) < 4.78 is 33.7. The minimum absolute atomic E-state index is 0.0260. The molecule has 4 heterocycles. The van der Waals surface area contributed by atoms with Gasteiger partial charge in [-0.05, 0) is 110 Å².